The number of nitrogens with one attached hydrogen (secondary N) is 1. The smallest absolute Gasteiger partial charge is 0.497 e. The fourth-order valence-electron chi connectivity index (χ4n) is 3.40. The topological polar surface area (TPSA) is 119 Å². The Morgan fingerprint density at radius 3 is 1.85 bits per heavy atom. The number of rotatable bonds is 11. The molecule has 1 amide bonds. The number of carboxylic acids is 1. The molecule has 0 aliphatic heterocycles. The molecule has 0 aromatic heterocycles. The molecule has 0 aliphatic rings. The molecule has 0 bridgehead atoms. The Kier molecular flexibility index (Phi) is 9.21. The normalized spacial score (nSPS) is 11.4. The maximum Gasteiger partial charge on any atom is 0.573 e. The van der Waals surface area contributed by atoms with Gasteiger partial charge in [0.1, 0.15) is 11.5 Å². The molecule has 39 heavy (non-hydrogen) atoms. The lowest BCUT2D eigenvalue weighted by molar-refractivity contribution is -0.274. The third-order valence-corrected chi connectivity index (χ3v) is 5.33. The van der Waals surface area contributed by atoms with Gasteiger partial charge < -0.3 is 19.9 Å². The number of allylic oxidation sites excluding steroid dienone is 2. The zero-order valence-electron chi connectivity index (χ0n) is 20.5. The van der Waals surface area contributed by atoms with Crippen LogP contribution in [-0.2, 0) is 4.79 Å². The third kappa shape index (κ3) is 8.29. The maximum atomic E-state index is 13.4. The molecule has 3 rings (SSSR count). The highest BCUT2D eigenvalue weighted by atomic mass is 19.4. The van der Waals surface area contributed by atoms with Crippen molar-refractivity contribution in [3.63, 3.8) is 0 Å². The van der Waals surface area contributed by atoms with Crippen LogP contribution in [0.25, 0.3) is 5.57 Å². The van der Waals surface area contributed by atoms with Crippen molar-refractivity contribution in [3.8, 4) is 11.5 Å². The summed E-state index contributed by atoms with van der Waals surface area (Å²) in [4.78, 5) is 49.2. The van der Waals surface area contributed by atoms with Gasteiger partial charge in [0, 0.05) is 28.8 Å². The van der Waals surface area contributed by atoms with Crippen molar-refractivity contribution in [1.29, 1.82) is 0 Å². The molecule has 0 fully saturated rings. The fourth-order valence-corrected chi connectivity index (χ4v) is 3.40. The predicted octanol–water partition coefficient (Wildman–Crippen LogP) is 4.95. The molecule has 0 unspecified atom stereocenters. The van der Waals surface area contributed by atoms with E-state index in [0.717, 1.165) is 18.2 Å². The summed E-state index contributed by atoms with van der Waals surface area (Å²) in [6.07, 6.45) is -4.08. The number of ketones is 2. The van der Waals surface area contributed by atoms with Crippen molar-refractivity contribution in [2.24, 2.45) is 0 Å². The van der Waals surface area contributed by atoms with Gasteiger partial charge in [-0.25, -0.2) is 0 Å². The number of Topliss-reactive ketones (excluding diaryl/α,β-unsaturated/α-hetero) is 1. The Labute approximate surface area is 220 Å². The average molecular weight is 541 g/mol. The molecule has 0 atom stereocenters. The molecule has 0 heterocycles. The molecule has 0 saturated heterocycles. The second kappa shape index (κ2) is 12.5. The maximum absolute atomic E-state index is 13.4. The first kappa shape index (κ1) is 28.6. The van der Waals surface area contributed by atoms with Crippen LogP contribution in [-0.4, -0.2) is 48.6 Å². The highest BCUT2D eigenvalue weighted by Gasteiger charge is 2.31. The van der Waals surface area contributed by atoms with Crippen LogP contribution in [0.5, 0.6) is 11.5 Å². The lowest BCUT2D eigenvalue weighted by atomic mass is 9.94. The van der Waals surface area contributed by atoms with Crippen LogP contribution in [0.3, 0.4) is 0 Å². The van der Waals surface area contributed by atoms with Crippen LogP contribution in [0.2, 0.25) is 0 Å². The number of amides is 1. The largest absolute Gasteiger partial charge is 0.573 e. The quantitative estimate of drug-likeness (QED) is 0.261. The number of hydrogen-bond donors (Lipinski definition) is 2. The van der Waals surface area contributed by atoms with Crippen LogP contribution in [0.15, 0.2) is 78.9 Å². The van der Waals surface area contributed by atoms with Gasteiger partial charge in [0.15, 0.2) is 11.6 Å². The number of carbonyl (C=O) groups excluding carboxylic acids is 3. The monoisotopic (exact) mass is 541 g/mol. The lowest BCUT2D eigenvalue weighted by Crippen LogP contribution is -2.26. The number of alkyl halides is 3. The van der Waals surface area contributed by atoms with Crippen LogP contribution >= 0.6 is 0 Å². The van der Waals surface area contributed by atoms with E-state index >= 15 is 0 Å². The first-order valence-electron chi connectivity index (χ1n) is 11.4. The summed E-state index contributed by atoms with van der Waals surface area (Å²) in [6, 6.07) is 16.0. The molecule has 0 aliphatic carbocycles. The molecule has 0 saturated carbocycles. The molecule has 202 valence electrons. The van der Waals surface area contributed by atoms with E-state index in [1.165, 1.54) is 55.6 Å². The molecule has 3 aromatic carbocycles. The van der Waals surface area contributed by atoms with E-state index in [2.05, 4.69) is 10.1 Å². The van der Waals surface area contributed by atoms with Gasteiger partial charge in [-0.15, -0.1) is 13.2 Å². The van der Waals surface area contributed by atoms with E-state index in [1.807, 2.05) is 0 Å². The van der Waals surface area contributed by atoms with Gasteiger partial charge in [0.25, 0.3) is 5.91 Å². The van der Waals surface area contributed by atoms with Crippen LogP contribution < -0.4 is 14.8 Å². The standard InChI is InChI=1S/C28H22F3NO7/c1-38-21-10-8-18(9-11-21)24(33)16-23(17-6-12-22(13-7-17)39-28(29,30)31)26(36)19-2-4-20(5-3-19)27(37)32-15-14-25(34)35/h2-13,16H,14-15H2,1H3,(H,32,37)(H,34,35)/b23-16-. The van der Waals surface area contributed by atoms with Gasteiger partial charge >= 0.3 is 12.3 Å². The minimum atomic E-state index is -4.90. The van der Waals surface area contributed by atoms with Crippen molar-refractivity contribution in [3.05, 3.63) is 101 Å². The molecule has 8 nitrogen and oxygen atoms in total. The number of ether oxygens (including phenoxy) is 2. The minimum Gasteiger partial charge on any atom is -0.497 e. The fraction of sp³-hybridized carbons (Fsp3) is 0.143. The van der Waals surface area contributed by atoms with E-state index in [9.17, 15) is 32.3 Å². The minimum absolute atomic E-state index is 0.0801. The summed E-state index contributed by atoms with van der Waals surface area (Å²) in [6.45, 7) is -0.0801. The zero-order valence-corrected chi connectivity index (χ0v) is 20.5. The number of methoxy groups -OCH3 is 1. The van der Waals surface area contributed by atoms with Gasteiger partial charge in [0.05, 0.1) is 13.5 Å². The number of benzene rings is 3. The van der Waals surface area contributed by atoms with Crippen molar-refractivity contribution < 1.29 is 46.9 Å². The molecule has 2 N–H and O–H groups in total. The molecule has 11 heteroatoms. The average Bonchev–Trinajstić information content (AvgIpc) is 2.91. The molecular weight excluding hydrogens is 519 g/mol. The highest BCUT2D eigenvalue weighted by molar-refractivity contribution is 6.32. The van der Waals surface area contributed by atoms with Gasteiger partial charge in [-0.05, 0) is 60.2 Å². The van der Waals surface area contributed by atoms with Gasteiger partial charge in [-0.3, -0.25) is 19.2 Å². The summed E-state index contributed by atoms with van der Waals surface area (Å²) in [7, 11) is 1.46. The highest BCUT2D eigenvalue weighted by Crippen LogP contribution is 2.27. The summed E-state index contributed by atoms with van der Waals surface area (Å²) >= 11 is 0. The molecular formula is C28H22F3NO7. The first-order valence-corrected chi connectivity index (χ1v) is 11.4. The summed E-state index contributed by atoms with van der Waals surface area (Å²) in [5.41, 5.74) is 0.568. The van der Waals surface area contributed by atoms with Gasteiger partial charge in [-0.1, -0.05) is 24.3 Å². The van der Waals surface area contributed by atoms with E-state index in [0.29, 0.717) is 5.75 Å². The van der Waals surface area contributed by atoms with Crippen molar-refractivity contribution in [2.75, 3.05) is 13.7 Å². The second-order valence-electron chi connectivity index (χ2n) is 8.03. The SMILES string of the molecule is COc1ccc(C(=O)/C=C(\C(=O)c2ccc(C(=O)NCCC(=O)O)cc2)c2ccc(OC(F)(F)F)cc2)cc1. The zero-order chi connectivity index (χ0) is 28.6. The van der Waals surface area contributed by atoms with E-state index in [4.69, 9.17) is 9.84 Å². The van der Waals surface area contributed by atoms with Crippen LogP contribution in [0.1, 0.15) is 43.1 Å². The number of carboxylic acid groups (broad SMARTS) is 1. The summed E-state index contributed by atoms with van der Waals surface area (Å²) in [5, 5.41) is 11.1. The van der Waals surface area contributed by atoms with Crippen LogP contribution in [0.4, 0.5) is 13.2 Å². The number of aliphatic carboxylic acids is 1. The molecule has 0 spiro atoms. The number of carbonyl (C=O) groups is 4. The summed E-state index contributed by atoms with van der Waals surface area (Å²) in [5.74, 6) is -2.76. The molecule has 3 aromatic rings. The van der Waals surface area contributed by atoms with Crippen molar-refractivity contribution in [1.82, 2.24) is 5.32 Å². The second-order valence-corrected chi connectivity index (χ2v) is 8.03. The Balaban J connectivity index is 1.92. The first-order chi connectivity index (χ1) is 18.5. The lowest BCUT2D eigenvalue weighted by Gasteiger charge is -2.11. The Hall–Kier alpha value is -4.93. The number of hydrogen-bond acceptors (Lipinski definition) is 6. The predicted molar refractivity (Wildman–Crippen MR) is 134 cm³/mol. The van der Waals surface area contributed by atoms with Gasteiger partial charge in [0.2, 0.25) is 0 Å². The van der Waals surface area contributed by atoms with Gasteiger partial charge in [-0.2, -0.15) is 0 Å². The number of halogens is 3. The van der Waals surface area contributed by atoms with Crippen molar-refractivity contribution in [2.45, 2.75) is 12.8 Å². The Morgan fingerprint density at radius 1 is 0.795 bits per heavy atom. The third-order valence-electron chi connectivity index (χ3n) is 5.33. The Morgan fingerprint density at radius 2 is 1.31 bits per heavy atom. The molecule has 0 radical (unpaired) electrons. The van der Waals surface area contributed by atoms with E-state index in [1.54, 1.807) is 12.1 Å². The Bertz CT molecular complexity index is 1380. The van der Waals surface area contributed by atoms with Crippen molar-refractivity contribution >= 4 is 29.0 Å². The van der Waals surface area contributed by atoms with E-state index in [-0.39, 0.29) is 40.8 Å². The summed E-state index contributed by atoms with van der Waals surface area (Å²) < 4.78 is 46.6. The van der Waals surface area contributed by atoms with Crippen LogP contribution in [0, 0.1) is 0 Å². The van der Waals surface area contributed by atoms with E-state index < -0.39 is 35.6 Å².